The number of nitrogens with zero attached hydrogens (tertiary/aromatic N) is 3. The van der Waals surface area contributed by atoms with Crippen molar-refractivity contribution in [1.29, 1.82) is 0 Å². The summed E-state index contributed by atoms with van der Waals surface area (Å²) in [5.74, 6) is -0.911. The minimum Gasteiger partial charge on any atom is -0.497 e. The smallest absolute Gasteiger partial charge is 0.310 e. The summed E-state index contributed by atoms with van der Waals surface area (Å²) in [6, 6.07) is 6.11. The number of likely N-dealkylation sites (tertiary alicyclic amines) is 1. The molecule has 28 heavy (non-hydrogen) atoms. The second-order valence-electron chi connectivity index (χ2n) is 6.73. The van der Waals surface area contributed by atoms with E-state index >= 15 is 0 Å². The number of aryl methyl sites for hydroxylation is 1. The molecule has 0 bridgehead atoms. The van der Waals surface area contributed by atoms with Gasteiger partial charge in [0.15, 0.2) is 5.69 Å². The highest BCUT2D eigenvalue weighted by Gasteiger charge is 2.31. The zero-order valence-electron chi connectivity index (χ0n) is 16.3. The number of aromatic nitrogens is 2. The van der Waals surface area contributed by atoms with Crippen molar-refractivity contribution in [2.75, 3.05) is 26.8 Å². The van der Waals surface area contributed by atoms with E-state index in [1.807, 2.05) is 0 Å². The van der Waals surface area contributed by atoms with Crippen molar-refractivity contribution in [3.63, 3.8) is 0 Å². The number of ether oxygens (including phenoxy) is 2. The number of methoxy groups -OCH3 is 1. The molecule has 2 heterocycles. The van der Waals surface area contributed by atoms with Crippen molar-refractivity contribution >= 4 is 11.9 Å². The molecule has 1 saturated heterocycles. The minimum absolute atomic E-state index is 0.220. The van der Waals surface area contributed by atoms with Crippen molar-refractivity contribution < 1.29 is 23.5 Å². The maximum Gasteiger partial charge on any atom is 0.310 e. The van der Waals surface area contributed by atoms with Gasteiger partial charge in [0.1, 0.15) is 11.6 Å². The lowest BCUT2D eigenvalue weighted by atomic mass is 9.98. The molecular weight excluding hydrogens is 365 g/mol. The Balaban J connectivity index is 1.80. The van der Waals surface area contributed by atoms with E-state index in [1.54, 1.807) is 37.1 Å². The van der Waals surface area contributed by atoms with E-state index in [0.717, 1.165) is 6.42 Å². The van der Waals surface area contributed by atoms with E-state index in [9.17, 15) is 14.0 Å². The Labute approximate surface area is 163 Å². The fraction of sp³-hybridized carbons (Fsp3) is 0.450. The van der Waals surface area contributed by atoms with Gasteiger partial charge in [0.25, 0.3) is 5.91 Å². The normalized spacial score (nSPS) is 16.7. The number of carbonyl (C=O) groups is 2. The fourth-order valence-electron chi connectivity index (χ4n) is 3.43. The zero-order valence-corrected chi connectivity index (χ0v) is 16.3. The van der Waals surface area contributed by atoms with Crippen LogP contribution in [0.25, 0.3) is 11.3 Å². The quantitative estimate of drug-likeness (QED) is 0.735. The first-order valence-corrected chi connectivity index (χ1v) is 9.28. The summed E-state index contributed by atoms with van der Waals surface area (Å²) in [4.78, 5) is 26.5. The Morgan fingerprint density at radius 2 is 2.11 bits per heavy atom. The second kappa shape index (κ2) is 8.41. The summed E-state index contributed by atoms with van der Waals surface area (Å²) in [6.45, 7) is 2.94. The molecule has 3 rings (SSSR count). The Morgan fingerprint density at radius 1 is 1.32 bits per heavy atom. The molecular formula is C20H24FN3O4. The molecule has 8 heteroatoms. The molecule has 7 nitrogen and oxygen atoms in total. The predicted octanol–water partition coefficient (Wildman–Crippen LogP) is 2.65. The first-order valence-electron chi connectivity index (χ1n) is 9.28. The molecule has 0 radical (unpaired) electrons. The van der Waals surface area contributed by atoms with Crippen LogP contribution >= 0.6 is 0 Å². The molecule has 1 atom stereocenters. The van der Waals surface area contributed by atoms with E-state index in [0.29, 0.717) is 43.1 Å². The Hall–Kier alpha value is -2.90. The number of piperidine rings is 1. The third-order valence-electron chi connectivity index (χ3n) is 4.88. The number of hydrogen-bond acceptors (Lipinski definition) is 5. The van der Waals surface area contributed by atoms with Gasteiger partial charge in [-0.25, -0.2) is 4.39 Å². The largest absolute Gasteiger partial charge is 0.497 e. The van der Waals surface area contributed by atoms with Crippen LogP contribution in [-0.4, -0.2) is 53.4 Å². The van der Waals surface area contributed by atoms with Crippen LogP contribution in [0.3, 0.4) is 0 Å². The van der Waals surface area contributed by atoms with Crippen molar-refractivity contribution in [3.8, 4) is 17.0 Å². The van der Waals surface area contributed by atoms with Gasteiger partial charge in [0.05, 0.1) is 25.3 Å². The highest BCUT2D eigenvalue weighted by atomic mass is 19.1. The first-order chi connectivity index (χ1) is 13.4. The van der Waals surface area contributed by atoms with Crippen LogP contribution in [-0.2, 0) is 16.6 Å². The van der Waals surface area contributed by atoms with Gasteiger partial charge in [0.2, 0.25) is 0 Å². The van der Waals surface area contributed by atoms with E-state index in [2.05, 4.69) is 5.10 Å². The van der Waals surface area contributed by atoms with E-state index in [-0.39, 0.29) is 23.5 Å². The third kappa shape index (κ3) is 4.00. The average Bonchev–Trinajstić information content (AvgIpc) is 3.09. The number of esters is 1. The van der Waals surface area contributed by atoms with Crippen molar-refractivity contribution in [1.82, 2.24) is 14.7 Å². The van der Waals surface area contributed by atoms with Gasteiger partial charge in [0, 0.05) is 31.8 Å². The lowest BCUT2D eigenvalue weighted by Gasteiger charge is -2.31. The van der Waals surface area contributed by atoms with Crippen LogP contribution in [0.4, 0.5) is 4.39 Å². The van der Waals surface area contributed by atoms with E-state index < -0.39 is 5.82 Å². The average molecular weight is 389 g/mol. The molecule has 1 aliphatic heterocycles. The molecule has 1 fully saturated rings. The van der Waals surface area contributed by atoms with Gasteiger partial charge in [-0.2, -0.15) is 5.10 Å². The highest BCUT2D eigenvalue weighted by molar-refractivity contribution is 5.94. The molecule has 0 unspecified atom stereocenters. The molecule has 0 N–H and O–H groups in total. The Morgan fingerprint density at radius 3 is 2.79 bits per heavy atom. The zero-order chi connectivity index (χ0) is 20.3. The Bertz CT molecular complexity index is 880. The van der Waals surface area contributed by atoms with Gasteiger partial charge in [-0.15, -0.1) is 0 Å². The maximum absolute atomic E-state index is 14.4. The van der Waals surface area contributed by atoms with E-state index in [1.165, 1.54) is 17.9 Å². The molecule has 150 valence electrons. The molecule has 1 aromatic carbocycles. The van der Waals surface area contributed by atoms with Crippen LogP contribution in [0.15, 0.2) is 24.3 Å². The number of benzene rings is 1. The van der Waals surface area contributed by atoms with Gasteiger partial charge in [-0.3, -0.25) is 14.3 Å². The fourth-order valence-corrected chi connectivity index (χ4v) is 3.43. The third-order valence-corrected chi connectivity index (χ3v) is 4.88. The standard InChI is InChI=1S/C20H24FN3O4/c1-4-28-20(26)13-6-5-9-24(12-13)19(25)17-11-18(23(2)22-17)15-8-7-14(27-3)10-16(15)21/h7-8,10-11,13H,4-6,9,12H2,1-3H3/t13-/m1/s1. The molecule has 1 amide bonds. The molecule has 2 aromatic rings. The van der Waals surface area contributed by atoms with Crippen molar-refractivity contribution in [3.05, 3.63) is 35.8 Å². The molecule has 0 aliphatic carbocycles. The summed E-state index contributed by atoms with van der Waals surface area (Å²) >= 11 is 0. The summed E-state index contributed by atoms with van der Waals surface area (Å²) in [7, 11) is 3.13. The SMILES string of the molecule is CCOC(=O)[C@@H]1CCCN(C(=O)c2cc(-c3ccc(OC)cc3F)n(C)n2)C1. The van der Waals surface area contributed by atoms with Crippen LogP contribution < -0.4 is 4.74 Å². The predicted molar refractivity (Wildman–Crippen MR) is 100 cm³/mol. The van der Waals surface area contributed by atoms with Gasteiger partial charge < -0.3 is 14.4 Å². The Kier molecular flexibility index (Phi) is 5.96. The number of rotatable bonds is 5. The van der Waals surface area contributed by atoms with Crippen LogP contribution in [0.2, 0.25) is 0 Å². The molecule has 1 aliphatic rings. The summed E-state index contributed by atoms with van der Waals surface area (Å²) in [6.07, 6.45) is 1.43. The first kappa shape index (κ1) is 19.9. The van der Waals surface area contributed by atoms with Crippen LogP contribution in [0.5, 0.6) is 5.75 Å². The van der Waals surface area contributed by atoms with Crippen molar-refractivity contribution in [2.45, 2.75) is 19.8 Å². The molecule has 0 spiro atoms. The lowest BCUT2D eigenvalue weighted by Crippen LogP contribution is -2.43. The second-order valence-corrected chi connectivity index (χ2v) is 6.73. The number of halogens is 1. The van der Waals surface area contributed by atoms with Gasteiger partial charge >= 0.3 is 5.97 Å². The van der Waals surface area contributed by atoms with Gasteiger partial charge in [-0.1, -0.05) is 0 Å². The number of hydrogen-bond donors (Lipinski definition) is 0. The molecule has 1 aromatic heterocycles. The minimum atomic E-state index is -0.457. The lowest BCUT2D eigenvalue weighted by molar-refractivity contribution is -0.149. The topological polar surface area (TPSA) is 73.7 Å². The molecule has 0 saturated carbocycles. The number of carbonyl (C=O) groups excluding carboxylic acids is 2. The number of amides is 1. The highest BCUT2D eigenvalue weighted by Crippen LogP contribution is 2.27. The maximum atomic E-state index is 14.4. The van der Waals surface area contributed by atoms with Crippen molar-refractivity contribution in [2.24, 2.45) is 13.0 Å². The summed E-state index contributed by atoms with van der Waals surface area (Å²) in [5.41, 5.74) is 1.04. The monoisotopic (exact) mass is 389 g/mol. The summed E-state index contributed by atoms with van der Waals surface area (Å²) < 4.78 is 26.0. The van der Waals surface area contributed by atoms with Crippen LogP contribution in [0, 0.1) is 11.7 Å². The van der Waals surface area contributed by atoms with Gasteiger partial charge in [-0.05, 0) is 38.0 Å². The van der Waals surface area contributed by atoms with E-state index in [4.69, 9.17) is 9.47 Å². The van der Waals surface area contributed by atoms with Crippen LogP contribution in [0.1, 0.15) is 30.3 Å². The summed E-state index contributed by atoms with van der Waals surface area (Å²) in [5, 5.41) is 4.26.